The number of aromatic amines is 1. The summed E-state index contributed by atoms with van der Waals surface area (Å²) in [6.45, 7) is 0. The van der Waals surface area contributed by atoms with Crippen LogP contribution in [-0.2, 0) is 0 Å². The zero-order valence-corrected chi connectivity index (χ0v) is 9.90. The van der Waals surface area contributed by atoms with Gasteiger partial charge in [0.25, 0.3) is 0 Å². The third-order valence-electron chi connectivity index (χ3n) is 1.62. The molecule has 0 amide bonds. The van der Waals surface area contributed by atoms with E-state index in [9.17, 15) is 0 Å². The second-order valence-corrected chi connectivity index (χ2v) is 4.17. The van der Waals surface area contributed by atoms with E-state index >= 15 is 0 Å². The van der Waals surface area contributed by atoms with Gasteiger partial charge in [0.05, 0.1) is 5.69 Å². The number of hydrogen-bond donors (Lipinski definition) is 1. The molecule has 14 heavy (non-hydrogen) atoms. The number of nitrogens with zero attached hydrogens (tertiary/aromatic N) is 3. The molecule has 0 fully saturated rings. The summed E-state index contributed by atoms with van der Waals surface area (Å²) in [4.78, 5) is 0. The highest BCUT2D eigenvalue weighted by molar-refractivity contribution is 9.10. The molecule has 1 aromatic carbocycles. The number of nitrogens with one attached hydrogen (secondary N) is 1. The molecule has 0 aliphatic rings. The van der Waals surface area contributed by atoms with Crippen LogP contribution in [0, 0.1) is 4.77 Å². The van der Waals surface area contributed by atoms with Crippen molar-refractivity contribution in [2.75, 3.05) is 0 Å². The first-order valence-corrected chi connectivity index (χ1v) is 5.22. The normalized spacial score (nSPS) is 10.4. The van der Waals surface area contributed by atoms with Crippen LogP contribution in [-0.4, -0.2) is 20.2 Å². The Hall–Kier alpha value is -0.720. The first-order valence-electron chi connectivity index (χ1n) is 3.64. The lowest BCUT2D eigenvalue weighted by molar-refractivity contribution is 0.783. The van der Waals surface area contributed by atoms with Crippen molar-refractivity contribution in [1.82, 2.24) is 20.2 Å². The van der Waals surface area contributed by atoms with E-state index < -0.39 is 0 Å². The maximum Gasteiger partial charge on any atom is 0.242 e. The minimum absolute atomic E-state index is 0.369. The molecule has 0 radical (unpaired) electrons. The molecule has 2 aromatic rings. The molecule has 0 unspecified atom stereocenters. The summed E-state index contributed by atoms with van der Waals surface area (Å²) in [5, 5.41) is 10.6. The van der Waals surface area contributed by atoms with Crippen molar-refractivity contribution in [3.05, 3.63) is 32.5 Å². The Labute approximate surface area is 98.0 Å². The van der Waals surface area contributed by atoms with Crippen molar-refractivity contribution < 1.29 is 0 Å². The molecular formula is C7H4BrClN4S. The van der Waals surface area contributed by atoms with Gasteiger partial charge >= 0.3 is 0 Å². The number of H-pyrrole nitrogens is 1. The molecule has 0 bridgehead atoms. The van der Waals surface area contributed by atoms with Crippen LogP contribution >= 0.6 is 39.7 Å². The average molecular weight is 292 g/mol. The van der Waals surface area contributed by atoms with Crippen molar-refractivity contribution in [2.45, 2.75) is 0 Å². The fraction of sp³-hybridized carbons (Fsp3) is 0. The highest BCUT2D eigenvalue weighted by Gasteiger charge is 2.04. The number of benzene rings is 1. The monoisotopic (exact) mass is 290 g/mol. The van der Waals surface area contributed by atoms with Crippen LogP contribution in [0.1, 0.15) is 0 Å². The van der Waals surface area contributed by atoms with Gasteiger partial charge in [-0.1, -0.05) is 21.9 Å². The van der Waals surface area contributed by atoms with Crippen LogP contribution in [0.5, 0.6) is 0 Å². The number of rotatable bonds is 1. The number of aromatic nitrogens is 4. The van der Waals surface area contributed by atoms with Crippen LogP contribution in [0.25, 0.3) is 5.69 Å². The van der Waals surface area contributed by atoms with Gasteiger partial charge in [-0.05, 0) is 46.3 Å². The van der Waals surface area contributed by atoms with Gasteiger partial charge in [0.2, 0.25) is 4.77 Å². The van der Waals surface area contributed by atoms with Crippen LogP contribution in [0.4, 0.5) is 0 Å². The zero-order chi connectivity index (χ0) is 10.1. The van der Waals surface area contributed by atoms with Crippen molar-refractivity contribution in [3.63, 3.8) is 0 Å². The molecule has 72 valence electrons. The molecule has 0 saturated heterocycles. The Morgan fingerprint density at radius 3 is 2.86 bits per heavy atom. The fourth-order valence-electron chi connectivity index (χ4n) is 1.02. The molecule has 0 saturated carbocycles. The predicted octanol–water partition coefficient (Wildman–Crippen LogP) is 2.74. The Kier molecular flexibility index (Phi) is 2.66. The van der Waals surface area contributed by atoms with Gasteiger partial charge in [0, 0.05) is 9.50 Å². The number of hydrogen-bond acceptors (Lipinski definition) is 3. The van der Waals surface area contributed by atoms with Crippen LogP contribution in [0.2, 0.25) is 5.02 Å². The molecule has 0 atom stereocenters. The first-order chi connectivity index (χ1) is 6.68. The van der Waals surface area contributed by atoms with Crippen LogP contribution in [0.15, 0.2) is 22.7 Å². The lowest BCUT2D eigenvalue weighted by atomic mass is 10.3. The quantitative estimate of drug-likeness (QED) is 0.822. The maximum absolute atomic E-state index is 5.81. The van der Waals surface area contributed by atoms with E-state index in [1.165, 1.54) is 0 Å². The van der Waals surface area contributed by atoms with Crippen molar-refractivity contribution in [2.24, 2.45) is 0 Å². The standard InChI is InChI=1S/C7H4BrClN4S/c8-5-3-4(9)1-2-6(5)13-7(14)10-11-12-13/h1-3H,(H,10,12,14). The molecule has 0 aliphatic carbocycles. The lowest BCUT2D eigenvalue weighted by Crippen LogP contribution is -1.97. The van der Waals surface area contributed by atoms with Crippen LogP contribution < -0.4 is 0 Å². The zero-order valence-electron chi connectivity index (χ0n) is 6.74. The lowest BCUT2D eigenvalue weighted by Gasteiger charge is -2.03. The molecule has 1 heterocycles. The van der Waals surface area contributed by atoms with Crippen LogP contribution in [0.3, 0.4) is 0 Å². The molecule has 2 rings (SSSR count). The van der Waals surface area contributed by atoms with Gasteiger partial charge in [0.1, 0.15) is 0 Å². The minimum Gasteiger partial charge on any atom is -0.208 e. The Morgan fingerprint density at radius 2 is 2.29 bits per heavy atom. The Balaban J connectivity index is 2.63. The first kappa shape index (κ1) is 9.82. The summed E-state index contributed by atoms with van der Waals surface area (Å²) in [5.41, 5.74) is 0.824. The van der Waals surface area contributed by atoms with E-state index in [-0.39, 0.29) is 0 Å². The highest BCUT2D eigenvalue weighted by atomic mass is 79.9. The number of tetrazole rings is 1. The largest absolute Gasteiger partial charge is 0.242 e. The van der Waals surface area contributed by atoms with E-state index in [1.807, 2.05) is 6.07 Å². The van der Waals surface area contributed by atoms with Crippen molar-refractivity contribution in [1.29, 1.82) is 0 Å². The van der Waals surface area contributed by atoms with Gasteiger partial charge in [-0.3, -0.25) is 0 Å². The van der Waals surface area contributed by atoms with Gasteiger partial charge in [-0.2, -0.15) is 5.21 Å². The number of halogens is 2. The summed E-state index contributed by atoms with van der Waals surface area (Å²) in [6, 6.07) is 5.37. The average Bonchev–Trinajstić information content (AvgIpc) is 2.52. The molecular weight excluding hydrogens is 288 g/mol. The summed E-state index contributed by atoms with van der Waals surface area (Å²) in [7, 11) is 0. The van der Waals surface area contributed by atoms with Crippen molar-refractivity contribution >= 4 is 39.7 Å². The summed E-state index contributed by atoms with van der Waals surface area (Å²) >= 11 is 14.2. The van der Waals surface area contributed by atoms with E-state index in [0.717, 1.165) is 10.2 Å². The molecule has 1 aromatic heterocycles. The fourth-order valence-corrected chi connectivity index (χ4v) is 2.06. The van der Waals surface area contributed by atoms with E-state index in [0.29, 0.717) is 9.79 Å². The molecule has 0 spiro atoms. The second kappa shape index (κ2) is 3.80. The predicted molar refractivity (Wildman–Crippen MR) is 59.3 cm³/mol. The second-order valence-electron chi connectivity index (χ2n) is 2.51. The maximum atomic E-state index is 5.81. The Morgan fingerprint density at radius 1 is 1.50 bits per heavy atom. The Bertz CT molecular complexity index is 520. The molecule has 0 aliphatic heterocycles. The molecule has 7 heteroatoms. The SMILES string of the molecule is S=c1nn[nH]n1-c1ccc(Cl)cc1Br. The summed E-state index contributed by atoms with van der Waals surface area (Å²) < 4.78 is 2.77. The smallest absolute Gasteiger partial charge is 0.208 e. The van der Waals surface area contributed by atoms with E-state index in [4.69, 9.17) is 23.8 Å². The molecule has 1 N–H and O–H groups in total. The van der Waals surface area contributed by atoms with Gasteiger partial charge in [-0.15, -0.1) is 0 Å². The van der Waals surface area contributed by atoms with E-state index in [1.54, 1.807) is 16.8 Å². The summed E-state index contributed by atoms with van der Waals surface area (Å²) in [5.74, 6) is 0. The molecule has 4 nitrogen and oxygen atoms in total. The third-order valence-corrected chi connectivity index (χ3v) is 2.76. The summed E-state index contributed by atoms with van der Waals surface area (Å²) in [6.07, 6.45) is 0. The minimum atomic E-state index is 0.369. The van der Waals surface area contributed by atoms with Gasteiger partial charge < -0.3 is 0 Å². The topological polar surface area (TPSA) is 46.5 Å². The van der Waals surface area contributed by atoms with Gasteiger partial charge in [-0.25, -0.2) is 4.68 Å². The third kappa shape index (κ3) is 1.73. The van der Waals surface area contributed by atoms with Gasteiger partial charge in [0.15, 0.2) is 0 Å². The highest BCUT2D eigenvalue weighted by Crippen LogP contribution is 2.23. The van der Waals surface area contributed by atoms with Crippen molar-refractivity contribution in [3.8, 4) is 5.69 Å². The van der Waals surface area contributed by atoms with E-state index in [2.05, 4.69) is 31.5 Å².